The Morgan fingerprint density at radius 2 is 1.71 bits per heavy atom. The molecule has 0 spiro atoms. The summed E-state index contributed by atoms with van der Waals surface area (Å²) in [4.78, 5) is 24.1. The van der Waals surface area contributed by atoms with Crippen LogP contribution in [0.15, 0.2) is 72.9 Å². The van der Waals surface area contributed by atoms with Crippen LogP contribution >= 0.6 is 0 Å². The monoisotopic (exact) mass is 561 g/mol. The van der Waals surface area contributed by atoms with E-state index in [1.54, 1.807) is 11.1 Å². The third kappa shape index (κ3) is 4.67. The molecule has 1 saturated carbocycles. The van der Waals surface area contributed by atoms with Crippen molar-refractivity contribution in [1.82, 2.24) is 19.4 Å². The Kier molecular flexibility index (Phi) is 6.52. The summed E-state index contributed by atoms with van der Waals surface area (Å²) in [5.74, 6) is 1.61. The Bertz CT molecular complexity index is 1680. The van der Waals surface area contributed by atoms with Gasteiger partial charge in [-0.1, -0.05) is 63.2 Å². The molecular formula is C35H39N5O2. The van der Waals surface area contributed by atoms with E-state index in [0.29, 0.717) is 0 Å². The fourth-order valence-corrected chi connectivity index (χ4v) is 6.37. The number of carboxylic acid groups (broad SMARTS) is 1. The van der Waals surface area contributed by atoms with Crippen molar-refractivity contribution in [2.45, 2.75) is 71.9 Å². The number of pyridine rings is 1. The van der Waals surface area contributed by atoms with Crippen LogP contribution in [0.5, 0.6) is 0 Å². The maximum absolute atomic E-state index is 12.5. The number of benzene rings is 2. The van der Waals surface area contributed by atoms with Crippen LogP contribution in [0.1, 0.15) is 72.1 Å². The summed E-state index contributed by atoms with van der Waals surface area (Å²) < 4.78 is 2.20. The van der Waals surface area contributed by atoms with Crippen molar-refractivity contribution in [3.05, 3.63) is 84.2 Å². The molecule has 4 aromatic rings. The van der Waals surface area contributed by atoms with Crippen LogP contribution in [-0.2, 0) is 5.54 Å². The summed E-state index contributed by atoms with van der Waals surface area (Å²) in [5, 5.41) is 13.8. The Hall–Kier alpha value is -4.39. The highest BCUT2D eigenvalue weighted by Crippen LogP contribution is 2.50. The van der Waals surface area contributed by atoms with Gasteiger partial charge in [-0.25, -0.2) is 14.8 Å². The van der Waals surface area contributed by atoms with E-state index in [-0.39, 0.29) is 5.41 Å². The van der Waals surface area contributed by atoms with Gasteiger partial charge in [0, 0.05) is 22.9 Å². The predicted molar refractivity (Wildman–Crippen MR) is 169 cm³/mol. The molecule has 2 aliphatic rings. The maximum atomic E-state index is 12.5. The number of hydrogen-bond donors (Lipinski definition) is 2. The Morgan fingerprint density at radius 1 is 1.00 bits per heavy atom. The molecule has 42 heavy (non-hydrogen) atoms. The highest BCUT2D eigenvalue weighted by molar-refractivity contribution is 5.88. The number of carbonyl (C=O) groups is 1. The average Bonchev–Trinajstić information content (AvgIpc) is 3.21. The summed E-state index contributed by atoms with van der Waals surface area (Å²) in [6.45, 7) is 12.5. The van der Waals surface area contributed by atoms with E-state index in [1.165, 1.54) is 0 Å². The van der Waals surface area contributed by atoms with Gasteiger partial charge >= 0.3 is 6.09 Å². The maximum Gasteiger partial charge on any atom is 0.408 e. The van der Waals surface area contributed by atoms with Gasteiger partial charge < -0.3 is 10.4 Å². The van der Waals surface area contributed by atoms with Crippen LogP contribution in [0.25, 0.3) is 34.4 Å². The highest BCUT2D eigenvalue weighted by atomic mass is 16.4. The van der Waals surface area contributed by atoms with Crippen LogP contribution in [0.3, 0.4) is 0 Å². The lowest BCUT2D eigenvalue weighted by atomic mass is 9.69. The van der Waals surface area contributed by atoms with Gasteiger partial charge in [-0.3, -0.25) is 9.47 Å². The fourth-order valence-electron chi connectivity index (χ4n) is 6.37. The molecule has 0 atom stereocenters. The number of para-hydroxylation sites is 1. The van der Waals surface area contributed by atoms with E-state index in [2.05, 4.69) is 85.3 Å². The minimum atomic E-state index is -0.878. The van der Waals surface area contributed by atoms with Gasteiger partial charge in [0.25, 0.3) is 0 Å². The molecule has 6 rings (SSSR count). The number of amides is 1. The Balaban J connectivity index is 1.56. The van der Waals surface area contributed by atoms with E-state index >= 15 is 0 Å². The smallest absolute Gasteiger partial charge is 0.408 e. The lowest BCUT2D eigenvalue weighted by Crippen LogP contribution is -2.60. The molecule has 1 amide bonds. The zero-order valence-corrected chi connectivity index (χ0v) is 25.3. The first-order valence-electron chi connectivity index (χ1n) is 14.7. The van der Waals surface area contributed by atoms with Crippen LogP contribution < -0.4 is 5.32 Å². The first-order valence-corrected chi connectivity index (χ1v) is 14.7. The van der Waals surface area contributed by atoms with Gasteiger partial charge in [-0.2, -0.15) is 0 Å². The average molecular weight is 562 g/mol. The Labute approximate surface area is 247 Å². The van der Waals surface area contributed by atoms with Crippen molar-refractivity contribution in [2.24, 2.45) is 5.41 Å². The largest absolute Gasteiger partial charge is 0.465 e. The van der Waals surface area contributed by atoms with E-state index in [9.17, 15) is 9.90 Å². The predicted octanol–water partition coefficient (Wildman–Crippen LogP) is 8.88. The topological polar surface area (TPSA) is 83.3 Å². The number of imidazole rings is 1. The van der Waals surface area contributed by atoms with Crippen LogP contribution in [0.4, 0.5) is 16.3 Å². The normalized spacial score (nSPS) is 15.6. The lowest BCUT2D eigenvalue weighted by Gasteiger charge is -2.54. The molecule has 2 aromatic carbocycles. The van der Waals surface area contributed by atoms with Crippen LogP contribution in [0.2, 0.25) is 0 Å². The van der Waals surface area contributed by atoms with Crippen LogP contribution in [0, 0.1) is 5.41 Å². The van der Waals surface area contributed by atoms with Crippen molar-refractivity contribution in [2.75, 3.05) is 5.32 Å². The number of fused-ring (bicyclic) bond motifs is 5. The molecule has 1 aliphatic heterocycles. The van der Waals surface area contributed by atoms with Crippen molar-refractivity contribution in [3.63, 3.8) is 0 Å². The quantitative estimate of drug-likeness (QED) is 0.229. The zero-order chi connectivity index (χ0) is 29.9. The van der Waals surface area contributed by atoms with Crippen molar-refractivity contribution < 1.29 is 9.90 Å². The summed E-state index contributed by atoms with van der Waals surface area (Å²) in [7, 11) is 0. The third-order valence-electron chi connectivity index (χ3n) is 8.26. The third-order valence-corrected chi connectivity index (χ3v) is 8.26. The molecule has 2 N–H and O–H groups in total. The number of allylic oxidation sites excluding steroid dienone is 1. The summed E-state index contributed by atoms with van der Waals surface area (Å²) in [6, 6.07) is 20.7. The van der Waals surface area contributed by atoms with Gasteiger partial charge in [0.05, 0.1) is 28.3 Å². The number of hydrogen-bond acceptors (Lipinski definition) is 4. The first-order chi connectivity index (χ1) is 19.9. The summed E-state index contributed by atoms with van der Waals surface area (Å²) in [6.07, 6.45) is 7.88. The number of aromatic nitrogens is 3. The van der Waals surface area contributed by atoms with Gasteiger partial charge in [0.2, 0.25) is 0 Å². The second-order valence-electron chi connectivity index (χ2n) is 13.5. The van der Waals surface area contributed by atoms with Gasteiger partial charge in [-0.05, 0) is 81.4 Å². The molecule has 2 aromatic heterocycles. The van der Waals surface area contributed by atoms with Gasteiger partial charge in [-0.15, -0.1) is 0 Å². The molecule has 1 fully saturated rings. The lowest BCUT2D eigenvalue weighted by molar-refractivity contribution is -0.0328. The second kappa shape index (κ2) is 9.86. The molecule has 1 aliphatic carbocycles. The summed E-state index contributed by atoms with van der Waals surface area (Å²) in [5.41, 5.74) is 5.70. The van der Waals surface area contributed by atoms with Crippen molar-refractivity contribution in [1.29, 1.82) is 0 Å². The minimum absolute atomic E-state index is 0.0229. The molecule has 0 saturated heterocycles. The SMILES string of the molecule is CC(C)(C)/C=C/c1nc2n(c1-c1ccc(C3(N(C(=O)O)C(C)(C)C)CCC3)cc1)-c1cccnc1Nc1ccccc1-2. The number of nitrogens with zero attached hydrogens (tertiary/aromatic N) is 4. The molecule has 216 valence electrons. The number of anilines is 2. The molecule has 3 heterocycles. The van der Waals surface area contributed by atoms with Gasteiger partial charge in [0.1, 0.15) is 5.82 Å². The van der Waals surface area contributed by atoms with Gasteiger partial charge in [0.15, 0.2) is 5.82 Å². The van der Waals surface area contributed by atoms with E-state index in [1.807, 2.05) is 39.0 Å². The molecular weight excluding hydrogens is 522 g/mol. The molecule has 7 heteroatoms. The standard InChI is InChI=1S/C35H39N5O2/c1-33(2,3)21-18-27-29(23-14-16-24(17-15-23)35(19-10-20-35)40(32(41)42)34(4,5)6)39-28-13-9-22-36-30(28)37-26-12-8-7-11-25(26)31(39)38-27/h7-9,11-18,21-22H,10,19-20H2,1-6H3,(H,36,37)(H,41,42)/b21-18+. The van der Waals surface area contributed by atoms with Crippen LogP contribution in [-0.4, -0.2) is 36.2 Å². The van der Waals surface area contributed by atoms with E-state index in [0.717, 1.165) is 70.4 Å². The van der Waals surface area contributed by atoms with E-state index in [4.69, 9.17) is 9.97 Å². The van der Waals surface area contributed by atoms with Crippen molar-refractivity contribution in [3.8, 4) is 28.3 Å². The number of nitrogens with one attached hydrogen (secondary N) is 1. The fraction of sp³-hybridized carbons (Fsp3) is 0.343. The minimum Gasteiger partial charge on any atom is -0.465 e. The first kappa shape index (κ1) is 27.8. The van der Waals surface area contributed by atoms with Crippen molar-refractivity contribution >= 4 is 23.7 Å². The molecule has 7 nitrogen and oxygen atoms in total. The zero-order valence-electron chi connectivity index (χ0n) is 25.3. The Morgan fingerprint density at radius 3 is 2.33 bits per heavy atom. The molecule has 0 bridgehead atoms. The molecule has 0 unspecified atom stereocenters. The second-order valence-corrected chi connectivity index (χ2v) is 13.5. The van der Waals surface area contributed by atoms with E-state index < -0.39 is 17.2 Å². The molecule has 0 radical (unpaired) electrons. The number of rotatable bonds is 4. The summed E-state index contributed by atoms with van der Waals surface area (Å²) >= 11 is 0. The highest BCUT2D eigenvalue weighted by Gasteiger charge is 2.50.